The first-order valence-electron chi connectivity index (χ1n) is 8.80. The van der Waals surface area contributed by atoms with E-state index in [4.69, 9.17) is 10.5 Å². The number of amides is 1. The van der Waals surface area contributed by atoms with Gasteiger partial charge >= 0.3 is 0 Å². The zero-order valence-corrected chi connectivity index (χ0v) is 15.3. The van der Waals surface area contributed by atoms with Crippen LogP contribution >= 0.6 is 11.8 Å². The number of pyridine rings is 1. The van der Waals surface area contributed by atoms with Gasteiger partial charge in [-0.2, -0.15) is 10.5 Å². The predicted molar refractivity (Wildman–Crippen MR) is 100 cm³/mol. The monoisotopic (exact) mass is 370 g/mol. The van der Waals surface area contributed by atoms with Gasteiger partial charge in [0.2, 0.25) is 5.91 Å². The largest absolute Gasteiger partial charge is 0.370 e. The first-order valence-corrected chi connectivity index (χ1v) is 9.95. The van der Waals surface area contributed by atoms with Crippen molar-refractivity contribution in [3.8, 4) is 12.1 Å². The maximum Gasteiger partial charge on any atom is 0.238 e. The molecule has 2 fully saturated rings. The molecule has 2 heterocycles. The van der Waals surface area contributed by atoms with Crippen molar-refractivity contribution in [2.45, 2.75) is 31.3 Å². The molecule has 3 rings (SSSR count). The second kappa shape index (κ2) is 8.88. The van der Waals surface area contributed by atoms with Gasteiger partial charge in [0.25, 0.3) is 0 Å². The molecule has 0 aromatic carbocycles. The van der Waals surface area contributed by atoms with Gasteiger partial charge in [-0.15, -0.1) is 11.8 Å². The molecule has 1 amide bonds. The van der Waals surface area contributed by atoms with Crippen molar-refractivity contribution < 1.29 is 4.79 Å². The fourth-order valence-corrected chi connectivity index (χ4v) is 4.49. The highest BCUT2D eigenvalue weighted by atomic mass is 32.2. The molecule has 1 saturated carbocycles. The summed E-state index contributed by atoms with van der Waals surface area (Å²) >= 11 is 1.63. The molecule has 2 N–H and O–H groups in total. The molecule has 3 atom stereocenters. The van der Waals surface area contributed by atoms with E-state index < -0.39 is 0 Å². The smallest absolute Gasteiger partial charge is 0.238 e. The van der Waals surface area contributed by atoms with Gasteiger partial charge in [-0.3, -0.25) is 4.79 Å². The highest BCUT2D eigenvalue weighted by molar-refractivity contribution is 7.99. The Balaban J connectivity index is 1.38. The van der Waals surface area contributed by atoms with Gasteiger partial charge in [-0.05, 0) is 37.3 Å². The van der Waals surface area contributed by atoms with E-state index in [1.807, 2.05) is 6.07 Å². The van der Waals surface area contributed by atoms with E-state index in [1.165, 1.54) is 0 Å². The Morgan fingerprint density at radius 1 is 1.38 bits per heavy atom. The molecule has 1 saturated heterocycles. The molecule has 1 aromatic rings. The number of nitriles is 2. The molecular formula is C18H22N6OS. The lowest BCUT2D eigenvalue weighted by Gasteiger charge is -2.20. The van der Waals surface area contributed by atoms with Crippen LogP contribution in [0.4, 0.5) is 5.82 Å². The normalized spacial score (nSPS) is 24.8. The summed E-state index contributed by atoms with van der Waals surface area (Å²) in [5.41, 5.74) is 0.556. The van der Waals surface area contributed by atoms with Crippen LogP contribution in [-0.4, -0.2) is 52.6 Å². The van der Waals surface area contributed by atoms with E-state index in [0.717, 1.165) is 31.6 Å². The molecule has 0 bridgehead atoms. The lowest BCUT2D eigenvalue weighted by atomic mass is 10.1. The van der Waals surface area contributed by atoms with Crippen LogP contribution in [-0.2, 0) is 4.79 Å². The predicted octanol–water partition coefficient (Wildman–Crippen LogP) is 1.55. The third-order valence-corrected chi connectivity index (χ3v) is 5.91. The highest BCUT2D eigenvalue weighted by Gasteiger charge is 2.30. The van der Waals surface area contributed by atoms with Crippen LogP contribution in [0.1, 0.15) is 24.8 Å². The average Bonchev–Trinajstić information content (AvgIpc) is 3.34. The van der Waals surface area contributed by atoms with Gasteiger partial charge in [-0.1, -0.05) is 0 Å². The van der Waals surface area contributed by atoms with Crippen molar-refractivity contribution in [2.75, 3.05) is 30.0 Å². The van der Waals surface area contributed by atoms with Crippen LogP contribution in [0.2, 0.25) is 0 Å². The summed E-state index contributed by atoms with van der Waals surface area (Å²) in [6.45, 7) is 1.14. The van der Waals surface area contributed by atoms with E-state index in [-0.39, 0.29) is 11.9 Å². The van der Waals surface area contributed by atoms with Gasteiger partial charge in [-0.25, -0.2) is 4.98 Å². The fraction of sp³-hybridized carbons (Fsp3) is 0.556. The number of hydrogen-bond donors (Lipinski definition) is 2. The minimum Gasteiger partial charge on any atom is -0.370 e. The number of carbonyl (C=O) groups excluding carboxylic acids is 1. The van der Waals surface area contributed by atoms with Crippen molar-refractivity contribution in [3.63, 3.8) is 0 Å². The maximum atomic E-state index is 12.3. The minimum atomic E-state index is -0.283. The molecular weight excluding hydrogens is 348 g/mol. The number of aromatic nitrogens is 1. The number of thioether (sulfide) groups is 1. The molecule has 1 aliphatic heterocycles. The number of rotatable bonds is 6. The van der Waals surface area contributed by atoms with Gasteiger partial charge in [0.1, 0.15) is 17.9 Å². The summed E-state index contributed by atoms with van der Waals surface area (Å²) in [7, 11) is 0. The Morgan fingerprint density at radius 2 is 2.27 bits per heavy atom. The number of carbonyl (C=O) groups is 1. The van der Waals surface area contributed by atoms with Crippen LogP contribution in [0.3, 0.4) is 0 Å². The summed E-state index contributed by atoms with van der Waals surface area (Å²) in [4.78, 5) is 18.2. The molecule has 1 aliphatic carbocycles. The molecule has 2 aliphatic rings. The average molecular weight is 370 g/mol. The summed E-state index contributed by atoms with van der Waals surface area (Å²) in [6.07, 6.45) is 4.75. The first kappa shape index (κ1) is 18.5. The Bertz CT molecular complexity index is 710. The van der Waals surface area contributed by atoms with Crippen LogP contribution in [0, 0.1) is 28.6 Å². The fourth-order valence-electron chi connectivity index (χ4n) is 3.39. The second-order valence-electron chi connectivity index (χ2n) is 6.69. The summed E-state index contributed by atoms with van der Waals surface area (Å²) < 4.78 is 0. The lowest BCUT2D eigenvalue weighted by Crippen LogP contribution is -2.43. The number of nitrogens with zero attached hydrogens (tertiary/aromatic N) is 4. The van der Waals surface area contributed by atoms with E-state index in [1.54, 1.807) is 28.9 Å². The number of hydrogen-bond acceptors (Lipinski definition) is 7. The van der Waals surface area contributed by atoms with E-state index >= 15 is 0 Å². The minimum absolute atomic E-state index is 0.0184. The van der Waals surface area contributed by atoms with Crippen LogP contribution in [0.15, 0.2) is 18.3 Å². The summed E-state index contributed by atoms with van der Waals surface area (Å²) in [5.74, 6) is 2.67. The molecule has 2 unspecified atom stereocenters. The Kier molecular flexibility index (Phi) is 6.32. The van der Waals surface area contributed by atoms with Gasteiger partial charge in [0.15, 0.2) is 0 Å². The quantitative estimate of drug-likeness (QED) is 0.783. The van der Waals surface area contributed by atoms with Gasteiger partial charge < -0.3 is 15.5 Å². The Morgan fingerprint density at radius 3 is 3.00 bits per heavy atom. The van der Waals surface area contributed by atoms with Crippen molar-refractivity contribution in [1.29, 1.82) is 10.5 Å². The molecule has 8 heteroatoms. The van der Waals surface area contributed by atoms with Crippen molar-refractivity contribution in [2.24, 2.45) is 5.92 Å². The first-order chi connectivity index (χ1) is 12.7. The zero-order chi connectivity index (χ0) is 18.4. The Labute approximate surface area is 157 Å². The zero-order valence-electron chi connectivity index (χ0n) is 14.5. The van der Waals surface area contributed by atoms with E-state index in [9.17, 15) is 4.79 Å². The van der Waals surface area contributed by atoms with Crippen LogP contribution in [0.5, 0.6) is 0 Å². The van der Waals surface area contributed by atoms with Crippen LogP contribution < -0.4 is 10.6 Å². The van der Waals surface area contributed by atoms with Crippen molar-refractivity contribution >= 4 is 23.5 Å². The van der Waals surface area contributed by atoms with Gasteiger partial charge in [0, 0.05) is 24.5 Å². The van der Waals surface area contributed by atoms with Crippen molar-refractivity contribution in [3.05, 3.63) is 23.9 Å². The van der Waals surface area contributed by atoms with Gasteiger partial charge in [0.05, 0.1) is 24.1 Å². The summed E-state index contributed by atoms with van der Waals surface area (Å²) in [6, 6.07) is 7.89. The van der Waals surface area contributed by atoms with E-state index in [2.05, 4.69) is 27.8 Å². The highest BCUT2D eigenvalue weighted by Crippen LogP contribution is 2.26. The third-order valence-electron chi connectivity index (χ3n) is 4.90. The topological polar surface area (TPSA) is 105 Å². The lowest BCUT2D eigenvalue weighted by molar-refractivity contribution is -0.129. The Hall–Kier alpha value is -2.29. The second-order valence-corrected chi connectivity index (χ2v) is 7.69. The SMILES string of the molecule is N#Cc1ccc(NCC2CCC(NCC(=O)N3CSC[C@H]3C#N)C2)nc1. The molecule has 26 heavy (non-hydrogen) atoms. The van der Waals surface area contributed by atoms with Crippen LogP contribution in [0.25, 0.3) is 0 Å². The molecule has 0 spiro atoms. The summed E-state index contributed by atoms with van der Waals surface area (Å²) in [5, 5.41) is 24.5. The van der Waals surface area contributed by atoms with E-state index in [0.29, 0.717) is 35.7 Å². The third kappa shape index (κ3) is 4.66. The number of anilines is 1. The molecule has 136 valence electrons. The molecule has 7 nitrogen and oxygen atoms in total. The van der Waals surface area contributed by atoms with Crippen molar-refractivity contribution in [1.82, 2.24) is 15.2 Å². The standard InChI is InChI=1S/C18H22N6OS/c19-6-14-2-4-17(23-9-14)22-8-13-1-3-15(5-13)21-10-18(25)24-12-26-11-16(24)7-20/h2,4,9,13,15-16,21H,1,3,5,8,10-12H2,(H,22,23)/t13?,15?,16-/m1/s1. The number of nitrogens with one attached hydrogen (secondary N) is 2. The molecule has 0 radical (unpaired) electrons. The maximum absolute atomic E-state index is 12.3. The molecule has 1 aromatic heterocycles.